The molecular weight excluding hydrogens is 313 g/mol. The van der Waals surface area contributed by atoms with Crippen molar-refractivity contribution < 1.29 is 15.0 Å². The molecular formula is C15H13Cl2NO3. The highest BCUT2D eigenvalue weighted by atomic mass is 35.5. The molecule has 6 heteroatoms. The molecule has 21 heavy (non-hydrogen) atoms. The fourth-order valence-electron chi connectivity index (χ4n) is 2.03. The summed E-state index contributed by atoms with van der Waals surface area (Å²) in [5.41, 5.74) is 1.13. The van der Waals surface area contributed by atoms with Crippen molar-refractivity contribution in [3.8, 4) is 0 Å². The molecule has 0 aliphatic rings. The second-order valence-electron chi connectivity index (χ2n) is 4.48. The number of rotatable bonds is 4. The Morgan fingerprint density at radius 1 is 1.00 bits per heavy atom. The summed E-state index contributed by atoms with van der Waals surface area (Å²) in [5, 5.41) is 22.8. The van der Waals surface area contributed by atoms with Crippen molar-refractivity contribution in [2.45, 2.75) is 12.1 Å². The predicted molar refractivity (Wildman–Crippen MR) is 81.8 cm³/mol. The van der Waals surface area contributed by atoms with Crippen LogP contribution in [0.1, 0.15) is 23.3 Å². The van der Waals surface area contributed by atoms with Gasteiger partial charge in [-0.3, -0.25) is 0 Å². The zero-order chi connectivity index (χ0) is 15.4. The lowest BCUT2D eigenvalue weighted by atomic mass is 9.96. The molecule has 4 nitrogen and oxygen atoms in total. The number of carboxylic acid groups (broad SMARTS) is 1. The van der Waals surface area contributed by atoms with E-state index in [0.717, 1.165) is 0 Å². The first-order chi connectivity index (χ1) is 9.97. The van der Waals surface area contributed by atoms with E-state index >= 15 is 0 Å². The Balaban J connectivity index is 2.35. The molecule has 3 N–H and O–H groups in total. The van der Waals surface area contributed by atoms with Crippen molar-refractivity contribution in [2.24, 2.45) is 0 Å². The molecule has 0 aliphatic carbocycles. The number of hydrogen-bond donors (Lipinski definition) is 3. The normalized spacial score (nSPS) is 13.5. The number of carbonyl (C=O) groups is 1. The predicted octanol–water partition coefficient (Wildman–Crippen LogP) is 4.04. The Kier molecular flexibility index (Phi) is 5.07. The second-order valence-corrected chi connectivity index (χ2v) is 5.35. The van der Waals surface area contributed by atoms with Gasteiger partial charge in [-0.05, 0) is 35.4 Å². The highest BCUT2D eigenvalue weighted by Crippen LogP contribution is 2.30. The van der Waals surface area contributed by atoms with Crippen LogP contribution in [-0.4, -0.2) is 16.3 Å². The molecule has 0 bridgehead atoms. The van der Waals surface area contributed by atoms with Gasteiger partial charge in [0, 0.05) is 10.0 Å². The first-order valence-corrected chi connectivity index (χ1v) is 6.91. The summed E-state index contributed by atoms with van der Waals surface area (Å²) in [5.74, 6) is 0. The fraction of sp³-hybridized carbons (Fsp3) is 0.133. The van der Waals surface area contributed by atoms with Crippen LogP contribution in [0.5, 0.6) is 0 Å². The molecule has 2 aromatic carbocycles. The minimum absolute atomic E-state index is 0.469. The minimum atomic E-state index is -1.23. The van der Waals surface area contributed by atoms with Gasteiger partial charge in [-0.1, -0.05) is 47.5 Å². The highest BCUT2D eigenvalue weighted by molar-refractivity contribution is 6.30. The maximum absolute atomic E-state index is 11.0. The van der Waals surface area contributed by atoms with Crippen molar-refractivity contribution in [3.63, 3.8) is 0 Å². The third kappa shape index (κ3) is 4.11. The lowest BCUT2D eigenvalue weighted by Gasteiger charge is -2.24. The third-order valence-corrected chi connectivity index (χ3v) is 3.50. The molecule has 1 amide bonds. The molecule has 0 aromatic heterocycles. The van der Waals surface area contributed by atoms with E-state index in [9.17, 15) is 9.90 Å². The van der Waals surface area contributed by atoms with Gasteiger partial charge in [-0.25, -0.2) is 4.79 Å². The molecule has 2 aromatic rings. The summed E-state index contributed by atoms with van der Waals surface area (Å²) in [6.45, 7) is 0. The monoisotopic (exact) mass is 325 g/mol. The molecule has 0 saturated heterocycles. The van der Waals surface area contributed by atoms with Gasteiger partial charge in [0.2, 0.25) is 0 Å². The fourth-order valence-corrected chi connectivity index (χ4v) is 2.36. The Labute approximate surface area is 131 Å². The van der Waals surface area contributed by atoms with E-state index in [2.05, 4.69) is 5.32 Å². The summed E-state index contributed by atoms with van der Waals surface area (Å²) in [4.78, 5) is 11.0. The van der Waals surface area contributed by atoms with Crippen molar-refractivity contribution in [2.75, 3.05) is 0 Å². The molecule has 0 heterocycles. The number of aliphatic hydroxyl groups is 1. The van der Waals surface area contributed by atoms with E-state index in [4.69, 9.17) is 28.3 Å². The van der Waals surface area contributed by atoms with Crippen LogP contribution < -0.4 is 5.32 Å². The quantitative estimate of drug-likeness (QED) is 0.794. The van der Waals surface area contributed by atoms with Crippen molar-refractivity contribution in [1.29, 1.82) is 0 Å². The van der Waals surface area contributed by atoms with E-state index in [1.165, 1.54) is 0 Å². The number of amides is 1. The van der Waals surface area contributed by atoms with Crippen molar-refractivity contribution >= 4 is 29.3 Å². The molecule has 0 spiro atoms. The van der Waals surface area contributed by atoms with Crippen LogP contribution in [0, 0.1) is 0 Å². The van der Waals surface area contributed by atoms with Crippen LogP contribution in [0.25, 0.3) is 0 Å². The van der Waals surface area contributed by atoms with Crippen LogP contribution in [0.15, 0.2) is 48.5 Å². The Morgan fingerprint density at radius 3 is 2.24 bits per heavy atom. The van der Waals surface area contributed by atoms with E-state index in [1.54, 1.807) is 48.5 Å². The Morgan fingerprint density at radius 2 is 1.67 bits per heavy atom. The smallest absolute Gasteiger partial charge is 0.405 e. The van der Waals surface area contributed by atoms with Crippen LogP contribution in [0.2, 0.25) is 10.0 Å². The van der Waals surface area contributed by atoms with Crippen LogP contribution in [0.4, 0.5) is 4.79 Å². The summed E-state index contributed by atoms with van der Waals surface area (Å²) in [6.07, 6.45) is -2.29. The second kappa shape index (κ2) is 6.80. The lowest BCUT2D eigenvalue weighted by Crippen LogP contribution is -2.31. The highest BCUT2D eigenvalue weighted by Gasteiger charge is 2.24. The van der Waals surface area contributed by atoms with Gasteiger partial charge in [0.1, 0.15) is 6.10 Å². The number of halogens is 2. The van der Waals surface area contributed by atoms with Gasteiger partial charge in [-0.2, -0.15) is 0 Å². The molecule has 0 unspecified atom stereocenters. The zero-order valence-corrected chi connectivity index (χ0v) is 12.3. The van der Waals surface area contributed by atoms with E-state index < -0.39 is 18.2 Å². The van der Waals surface area contributed by atoms with E-state index in [-0.39, 0.29) is 0 Å². The summed E-state index contributed by atoms with van der Waals surface area (Å²) in [6, 6.07) is 12.4. The standard InChI is InChI=1S/C15H13Cl2NO3/c16-11-6-4-9(5-7-11)13(18-15(20)21)14(19)10-2-1-3-12(17)8-10/h1-8,13-14,18-19H,(H,20,21)/t13-,14+/m1/s1. The van der Waals surface area contributed by atoms with Gasteiger partial charge in [0.25, 0.3) is 0 Å². The Bertz CT molecular complexity index is 631. The molecule has 0 saturated carbocycles. The first-order valence-electron chi connectivity index (χ1n) is 6.16. The van der Waals surface area contributed by atoms with E-state index in [1.807, 2.05) is 0 Å². The summed E-state index contributed by atoms with van der Waals surface area (Å²) < 4.78 is 0. The molecule has 0 aliphatic heterocycles. The molecule has 110 valence electrons. The number of aliphatic hydroxyl groups excluding tert-OH is 1. The molecule has 2 atom stereocenters. The van der Waals surface area contributed by atoms with Gasteiger partial charge in [-0.15, -0.1) is 0 Å². The van der Waals surface area contributed by atoms with Crippen molar-refractivity contribution in [3.05, 3.63) is 69.7 Å². The SMILES string of the molecule is O=C(O)N[C@H](c1ccc(Cl)cc1)[C@@H](O)c1cccc(Cl)c1. The maximum Gasteiger partial charge on any atom is 0.405 e. The number of benzene rings is 2. The van der Waals surface area contributed by atoms with Crippen LogP contribution in [0.3, 0.4) is 0 Å². The lowest BCUT2D eigenvalue weighted by molar-refractivity contribution is 0.120. The maximum atomic E-state index is 11.0. The largest absolute Gasteiger partial charge is 0.465 e. The average molecular weight is 326 g/mol. The summed E-state index contributed by atoms with van der Waals surface area (Å²) >= 11 is 11.7. The van der Waals surface area contributed by atoms with Crippen molar-refractivity contribution in [1.82, 2.24) is 5.32 Å². The van der Waals surface area contributed by atoms with E-state index in [0.29, 0.717) is 21.2 Å². The topological polar surface area (TPSA) is 69.6 Å². The molecule has 2 rings (SSSR count). The number of nitrogens with one attached hydrogen (secondary N) is 1. The molecule has 0 radical (unpaired) electrons. The van der Waals surface area contributed by atoms with Gasteiger partial charge in [0.05, 0.1) is 6.04 Å². The number of hydrogen-bond acceptors (Lipinski definition) is 2. The van der Waals surface area contributed by atoms with Gasteiger partial charge >= 0.3 is 6.09 Å². The Hall–Kier alpha value is -1.75. The van der Waals surface area contributed by atoms with Gasteiger partial charge in [0.15, 0.2) is 0 Å². The molecule has 0 fully saturated rings. The van der Waals surface area contributed by atoms with Gasteiger partial charge < -0.3 is 15.5 Å². The zero-order valence-electron chi connectivity index (χ0n) is 10.8. The first kappa shape index (κ1) is 15.6. The third-order valence-electron chi connectivity index (χ3n) is 3.01. The average Bonchev–Trinajstić information content (AvgIpc) is 2.45. The van der Waals surface area contributed by atoms with Crippen LogP contribution >= 0.6 is 23.2 Å². The summed E-state index contributed by atoms with van der Waals surface area (Å²) in [7, 11) is 0. The van der Waals surface area contributed by atoms with Crippen LogP contribution in [-0.2, 0) is 0 Å². The minimum Gasteiger partial charge on any atom is -0.465 e.